The molecule has 1 atom stereocenters. The van der Waals surface area contributed by atoms with E-state index < -0.39 is 10.0 Å². The Balaban J connectivity index is 2.28. The number of halogens is 1. The predicted octanol–water partition coefficient (Wildman–Crippen LogP) is 1.83. The van der Waals surface area contributed by atoms with Crippen LogP contribution in [-0.4, -0.2) is 38.5 Å². The molecule has 100 valence electrons. The fourth-order valence-corrected chi connectivity index (χ4v) is 3.73. The smallest absolute Gasteiger partial charge is 0.243 e. The normalized spacial score (nSPS) is 22.0. The maximum absolute atomic E-state index is 12.4. The van der Waals surface area contributed by atoms with Gasteiger partial charge in [-0.15, -0.1) is 11.6 Å². The molecule has 1 aromatic rings. The molecule has 1 aromatic carbocycles. The second-order valence-corrected chi connectivity index (χ2v) is 6.48. The topological polar surface area (TPSA) is 46.6 Å². The van der Waals surface area contributed by atoms with E-state index in [9.17, 15) is 8.42 Å². The average Bonchev–Trinajstić information content (AvgIpc) is 2.39. The highest BCUT2D eigenvalue weighted by Gasteiger charge is 2.31. The minimum absolute atomic E-state index is 0.128. The third-order valence-electron chi connectivity index (χ3n) is 2.99. The maximum atomic E-state index is 12.4. The van der Waals surface area contributed by atoms with Crippen molar-refractivity contribution in [3.05, 3.63) is 29.8 Å². The number of ether oxygens (including phenoxy) is 1. The van der Waals surface area contributed by atoms with Crippen LogP contribution in [0, 0.1) is 0 Å². The van der Waals surface area contributed by atoms with Gasteiger partial charge in [0.2, 0.25) is 10.0 Å². The summed E-state index contributed by atoms with van der Waals surface area (Å²) < 4.78 is 31.6. The summed E-state index contributed by atoms with van der Waals surface area (Å²) >= 11 is 5.69. The number of hydrogen-bond acceptors (Lipinski definition) is 3. The highest BCUT2D eigenvalue weighted by atomic mass is 35.5. The van der Waals surface area contributed by atoms with Crippen LogP contribution in [0.3, 0.4) is 0 Å². The van der Waals surface area contributed by atoms with Crippen LogP contribution < -0.4 is 0 Å². The van der Waals surface area contributed by atoms with E-state index in [0.717, 1.165) is 5.56 Å². The minimum Gasteiger partial charge on any atom is -0.378 e. The van der Waals surface area contributed by atoms with Crippen molar-refractivity contribution < 1.29 is 13.2 Å². The largest absolute Gasteiger partial charge is 0.378 e. The molecule has 0 bridgehead atoms. The van der Waals surface area contributed by atoms with Gasteiger partial charge >= 0.3 is 0 Å². The summed E-state index contributed by atoms with van der Waals surface area (Å²) in [6.45, 7) is 3.15. The number of rotatable bonds is 3. The van der Waals surface area contributed by atoms with Crippen molar-refractivity contribution in [3.8, 4) is 0 Å². The van der Waals surface area contributed by atoms with E-state index in [-0.39, 0.29) is 6.04 Å². The van der Waals surface area contributed by atoms with Crippen molar-refractivity contribution in [2.45, 2.75) is 23.7 Å². The number of nitrogens with zero attached hydrogens (tertiary/aromatic N) is 1. The van der Waals surface area contributed by atoms with Gasteiger partial charge in [0, 0.05) is 18.5 Å². The number of morpholine rings is 1. The monoisotopic (exact) mass is 289 g/mol. The summed E-state index contributed by atoms with van der Waals surface area (Å²) in [6, 6.07) is 6.57. The summed E-state index contributed by atoms with van der Waals surface area (Å²) in [4.78, 5) is 0.310. The summed E-state index contributed by atoms with van der Waals surface area (Å²) in [5, 5.41) is 0. The first kappa shape index (κ1) is 13.8. The maximum Gasteiger partial charge on any atom is 0.243 e. The van der Waals surface area contributed by atoms with Gasteiger partial charge in [-0.3, -0.25) is 0 Å². The van der Waals surface area contributed by atoms with Gasteiger partial charge in [0.15, 0.2) is 0 Å². The van der Waals surface area contributed by atoms with Crippen molar-refractivity contribution in [3.63, 3.8) is 0 Å². The molecule has 0 aliphatic carbocycles. The van der Waals surface area contributed by atoms with E-state index >= 15 is 0 Å². The lowest BCUT2D eigenvalue weighted by Gasteiger charge is -2.32. The molecule has 1 fully saturated rings. The quantitative estimate of drug-likeness (QED) is 0.798. The lowest BCUT2D eigenvalue weighted by Crippen LogP contribution is -2.46. The first-order valence-electron chi connectivity index (χ1n) is 5.80. The van der Waals surface area contributed by atoms with E-state index in [1.807, 2.05) is 6.92 Å². The summed E-state index contributed by atoms with van der Waals surface area (Å²) in [5.74, 6) is 0.383. The molecule has 6 heteroatoms. The van der Waals surface area contributed by atoms with E-state index in [0.29, 0.717) is 30.5 Å². The van der Waals surface area contributed by atoms with Crippen molar-refractivity contribution in [1.82, 2.24) is 4.31 Å². The van der Waals surface area contributed by atoms with Crippen molar-refractivity contribution in [2.24, 2.45) is 0 Å². The second-order valence-electron chi connectivity index (χ2n) is 4.32. The molecule has 2 rings (SSSR count). The summed E-state index contributed by atoms with van der Waals surface area (Å²) in [5.41, 5.74) is 0.908. The number of sulfonamides is 1. The molecule has 0 saturated carbocycles. The SMILES string of the molecule is CC1COCCN1S(=O)(=O)c1ccc(CCl)cc1. The van der Waals surface area contributed by atoms with Gasteiger partial charge in [0.1, 0.15) is 0 Å². The van der Waals surface area contributed by atoms with Crippen molar-refractivity contribution >= 4 is 21.6 Å². The Bertz CT molecular complexity index is 501. The van der Waals surface area contributed by atoms with E-state index in [1.54, 1.807) is 24.3 Å². The van der Waals surface area contributed by atoms with E-state index in [2.05, 4.69) is 0 Å². The highest BCUT2D eigenvalue weighted by molar-refractivity contribution is 7.89. The van der Waals surface area contributed by atoms with Crippen LogP contribution in [-0.2, 0) is 20.6 Å². The molecule has 1 unspecified atom stereocenters. The van der Waals surface area contributed by atoms with Crippen molar-refractivity contribution in [2.75, 3.05) is 19.8 Å². The number of benzene rings is 1. The third kappa shape index (κ3) is 2.69. The Hall–Kier alpha value is -0.620. The van der Waals surface area contributed by atoms with E-state index in [1.165, 1.54) is 4.31 Å². The first-order valence-corrected chi connectivity index (χ1v) is 7.77. The molecule has 1 aliphatic heterocycles. The Morgan fingerprint density at radius 2 is 2.06 bits per heavy atom. The molecule has 0 amide bonds. The molecular formula is C12H16ClNO3S. The predicted molar refractivity (Wildman–Crippen MR) is 70.2 cm³/mol. The Morgan fingerprint density at radius 3 is 2.61 bits per heavy atom. The van der Waals surface area contributed by atoms with Gasteiger partial charge in [-0.2, -0.15) is 4.31 Å². The van der Waals surface area contributed by atoms with Gasteiger partial charge in [-0.05, 0) is 24.6 Å². The summed E-state index contributed by atoms with van der Waals surface area (Å²) in [6.07, 6.45) is 0. The lowest BCUT2D eigenvalue weighted by molar-refractivity contribution is 0.0393. The van der Waals surface area contributed by atoms with Gasteiger partial charge in [-0.25, -0.2) is 8.42 Å². The third-order valence-corrected chi connectivity index (χ3v) is 5.33. The molecule has 0 spiro atoms. The zero-order chi connectivity index (χ0) is 13.2. The average molecular weight is 290 g/mol. The molecule has 1 aliphatic rings. The fraction of sp³-hybridized carbons (Fsp3) is 0.500. The highest BCUT2D eigenvalue weighted by Crippen LogP contribution is 2.21. The lowest BCUT2D eigenvalue weighted by atomic mass is 10.2. The number of hydrogen-bond donors (Lipinski definition) is 0. The Morgan fingerprint density at radius 1 is 1.39 bits per heavy atom. The van der Waals surface area contributed by atoms with Crippen LogP contribution >= 0.6 is 11.6 Å². The van der Waals surface area contributed by atoms with Crippen LogP contribution in [0.1, 0.15) is 12.5 Å². The van der Waals surface area contributed by atoms with Gasteiger partial charge in [0.05, 0.1) is 18.1 Å². The first-order chi connectivity index (χ1) is 8.55. The molecule has 0 radical (unpaired) electrons. The number of alkyl halides is 1. The molecule has 0 N–H and O–H groups in total. The van der Waals surface area contributed by atoms with Gasteiger partial charge in [-0.1, -0.05) is 12.1 Å². The zero-order valence-electron chi connectivity index (χ0n) is 10.2. The molecule has 4 nitrogen and oxygen atoms in total. The van der Waals surface area contributed by atoms with Crippen molar-refractivity contribution in [1.29, 1.82) is 0 Å². The van der Waals surface area contributed by atoms with E-state index in [4.69, 9.17) is 16.3 Å². The Labute approximate surface area is 113 Å². The van der Waals surface area contributed by atoms with Crippen LogP contribution in [0.2, 0.25) is 0 Å². The minimum atomic E-state index is -3.43. The summed E-state index contributed by atoms with van der Waals surface area (Å²) in [7, 11) is -3.43. The Kier molecular flexibility index (Phi) is 4.27. The van der Waals surface area contributed by atoms with Crippen LogP contribution in [0.4, 0.5) is 0 Å². The van der Waals surface area contributed by atoms with Gasteiger partial charge < -0.3 is 4.74 Å². The van der Waals surface area contributed by atoms with Crippen LogP contribution in [0.5, 0.6) is 0 Å². The molecule has 1 saturated heterocycles. The molecule has 18 heavy (non-hydrogen) atoms. The van der Waals surface area contributed by atoms with Crippen LogP contribution in [0.15, 0.2) is 29.2 Å². The zero-order valence-corrected chi connectivity index (χ0v) is 11.7. The van der Waals surface area contributed by atoms with Crippen LogP contribution in [0.25, 0.3) is 0 Å². The van der Waals surface area contributed by atoms with Gasteiger partial charge in [0.25, 0.3) is 0 Å². The second kappa shape index (κ2) is 5.57. The molecule has 0 aromatic heterocycles. The standard InChI is InChI=1S/C12H16ClNO3S/c1-10-9-17-7-6-14(10)18(15,16)12-4-2-11(8-13)3-5-12/h2-5,10H,6-9H2,1H3. The molecular weight excluding hydrogens is 274 g/mol. The fourth-order valence-electron chi connectivity index (χ4n) is 1.95. The molecule has 1 heterocycles.